The van der Waals surface area contributed by atoms with Gasteiger partial charge in [0, 0.05) is 24.0 Å². The maximum absolute atomic E-state index is 11.2. The van der Waals surface area contributed by atoms with Crippen molar-refractivity contribution in [1.82, 2.24) is 20.0 Å². The molecule has 1 N–H and O–H groups in total. The van der Waals surface area contributed by atoms with E-state index in [1.807, 2.05) is 6.20 Å². The number of hydrogen-bond acceptors (Lipinski definition) is 5. The molecule has 0 radical (unpaired) electrons. The van der Waals surface area contributed by atoms with Gasteiger partial charge in [-0.15, -0.1) is 0 Å². The number of aromatic nitrogens is 4. The van der Waals surface area contributed by atoms with Crippen LogP contribution >= 0.6 is 0 Å². The Labute approximate surface area is 117 Å². The van der Waals surface area contributed by atoms with Crippen LogP contribution < -0.4 is 4.90 Å². The second-order valence-corrected chi connectivity index (χ2v) is 5.46. The number of aromatic amines is 1. The summed E-state index contributed by atoms with van der Waals surface area (Å²) in [4.78, 5) is 10.0. The van der Waals surface area contributed by atoms with Crippen molar-refractivity contribution in [2.45, 2.75) is 32.7 Å². The number of nitrogens with zero attached hydrogens (tertiary/aromatic N) is 4. The predicted molar refractivity (Wildman–Crippen MR) is 70.5 cm³/mol. The second kappa shape index (κ2) is 5.62. The number of likely N-dealkylation sites (tertiary alicyclic amines) is 1. The first-order valence-corrected chi connectivity index (χ1v) is 6.97. The zero-order valence-electron chi connectivity index (χ0n) is 11.6. The van der Waals surface area contributed by atoms with Crippen molar-refractivity contribution in [3.05, 3.63) is 34.8 Å². The van der Waals surface area contributed by atoms with Gasteiger partial charge >= 0.3 is 0 Å². The second-order valence-electron chi connectivity index (χ2n) is 5.46. The number of nitrogens with one attached hydrogen (secondary N) is 1. The first-order valence-electron chi connectivity index (χ1n) is 6.97. The number of hydrogen-bond donors (Lipinski definition) is 1. The van der Waals surface area contributed by atoms with Crippen LogP contribution in [0.2, 0.25) is 0 Å². The lowest BCUT2D eigenvalue weighted by Gasteiger charge is -2.30. The van der Waals surface area contributed by atoms with Gasteiger partial charge in [0.1, 0.15) is 0 Å². The van der Waals surface area contributed by atoms with Crippen LogP contribution in [0.25, 0.3) is 0 Å². The first kappa shape index (κ1) is 13.1. The molecule has 1 saturated heterocycles. The van der Waals surface area contributed by atoms with E-state index in [4.69, 9.17) is 0 Å². The van der Waals surface area contributed by atoms with Crippen LogP contribution in [0.5, 0.6) is 0 Å². The Morgan fingerprint density at radius 2 is 2.30 bits per heavy atom. The minimum Gasteiger partial charge on any atom is -0.359 e. The zero-order valence-corrected chi connectivity index (χ0v) is 11.6. The molecule has 0 aromatic carbocycles. The Kier molecular flexibility index (Phi) is 3.68. The summed E-state index contributed by atoms with van der Waals surface area (Å²) in [5.41, 5.74) is 2.51. The van der Waals surface area contributed by atoms with E-state index >= 15 is 0 Å². The molecule has 3 rings (SSSR count). The lowest BCUT2D eigenvalue weighted by molar-refractivity contribution is -0.806. The Balaban J connectivity index is 1.50. The molecule has 0 saturated carbocycles. The van der Waals surface area contributed by atoms with Gasteiger partial charge in [0.05, 0.1) is 12.9 Å². The number of imidazole rings is 1. The van der Waals surface area contributed by atoms with Crippen LogP contribution in [0.3, 0.4) is 0 Å². The van der Waals surface area contributed by atoms with Crippen molar-refractivity contribution in [2.75, 3.05) is 13.1 Å². The fraction of sp³-hybridized carbons (Fsp3) is 0.615. The molecule has 0 bridgehead atoms. The molecular weight excluding hydrogens is 258 g/mol. The van der Waals surface area contributed by atoms with Crippen molar-refractivity contribution < 1.29 is 9.53 Å². The fourth-order valence-electron chi connectivity index (χ4n) is 2.73. The van der Waals surface area contributed by atoms with E-state index in [2.05, 4.69) is 24.7 Å². The van der Waals surface area contributed by atoms with E-state index in [1.165, 1.54) is 5.69 Å². The number of rotatable bonds is 4. The van der Waals surface area contributed by atoms with Gasteiger partial charge in [-0.25, -0.2) is 4.98 Å². The molecule has 1 fully saturated rings. The molecule has 7 nitrogen and oxygen atoms in total. The van der Waals surface area contributed by atoms with E-state index < -0.39 is 0 Å². The summed E-state index contributed by atoms with van der Waals surface area (Å²) in [6.07, 6.45) is 7.02. The SMILES string of the molecule is Cc1c(CN2CCC(Cc3cnc[nH]3)CC2)no[n+]1[O-]. The van der Waals surface area contributed by atoms with E-state index in [1.54, 1.807) is 13.3 Å². The summed E-state index contributed by atoms with van der Waals surface area (Å²) in [7, 11) is 0. The van der Waals surface area contributed by atoms with E-state index in [0.29, 0.717) is 23.1 Å². The third-order valence-electron chi connectivity index (χ3n) is 4.06. The molecule has 0 atom stereocenters. The molecule has 1 aliphatic heterocycles. The molecule has 2 aromatic rings. The van der Waals surface area contributed by atoms with Gasteiger partial charge in [-0.2, -0.15) is 0 Å². The van der Waals surface area contributed by atoms with Gasteiger partial charge in [0.2, 0.25) is 5.69 Å². The molecule has 7 heteroatoms. The van der Waals surface area contributed by atoms with E-state index in [9.17, 15) is 5.21 Å². The minimum absolute atomic E-state index is 0.473. The van der Waals surface area contributed by atoms with Crippen LogP contribution in [-0.2, 0) is 13.0 Å². The summed E-state index contributed by atoms with van der Waals surface area (Å²) >= 11 is 0. The molecule has 20 heavy (non-hydrogen) atoms. The topological polar surface area (TPSA) is 84.9 Å². The van der Waals surface area contributed by atoms with E-state index in [0.717, 1.165) is 38.0 Å². The zero-order chi connectivity index (χ0) is 13.9. The largest absolute Gasteiger partial charge is 0.359 e. The highest BCUT2D eigenvalue weighted by atomic mass is 16.8. The Bertz CT molecular complexity index is 543. The maximum Gasteiger partial charge on any atom is 0.234 e. The van der Waals surface area contributed by atoms with Gasteiger partial charge in [-0.1, -0.05) is 0 Å². The highest BCUT2D eigenvalue weighted by Crippen LogP contribution is 2.21. The Morgan fingerprint density at radius 1 is 1.50 bits per heavy atom. The highest BCUT2D eigenvalue weighted by Gasteiger charge is 2.23. The fourth-order valence-corrected chi connectivity index (χ4v) is 2.73. The molecule has 108 valence electrons. The molecule has 1 aliphatic rings. The summed E-state index contributed by atoms with van der Waals surface area (Å²) in [5.74, 6) is 0.703. The summed E-state index contributed by atoms with van der Waals surface area (Å²) in [6.45, 7) is 4.50. The van der Waals surface area contributed by atoms with Gasteiger partial charge in [-0.3, -0.25) is 9.53 Å². The molecular formula is C13H19N5O2. The normalized spacial score (nSPS) is 17.6. The van der Waals surface area contributed by atoms with E-state index in [-0.39, 0.29) is 0 Å². The molecule has 0 spiro atoms. The standard InChI is InChI=1S/C13H19N5O2/c1-10-13(16-20-18(10)19)8-17-4-2-11(3-5-17)6-12-7-14-9-15-12/h7,9,11H,2-6,8H2,1H3,(H,14,15). The van der Waals surface area contributed by atoms with Crippen molar-refractivity contribution in [2.24, 2.45) is 5.92 Å². The van der Waals surface area contributed by atoms with Crippen molar-refractivity contribution in [1.29, 1.82) is 0 Å². The predicted octanol–water partition coefficient (Wildman–Crippen LogP) is 0.794. The lowest BCUT2D eigenvalue weighted by Crippen LogP contribution is -2.34. The Hall–Kier alpha value is -1.89. The van der Waals surface area contributed by atoms with Crippen LogP contribution in [0.4, 0.5) is 0 Å². The maximum atomic E-state index is 11.2. The third kappa shape index (κ3) is 2.82. The molecule has 2 aromatic heterocycles. The van der Waals surface area contributed by atoms with Gasteiger partial charge < -0.3 is 10.2 Å². The van der Waals surface area contributed by atoms with Gasteiger partial charge in [-0.05, 0) is 43.2 Å². The quantitative estimate of drug-likeness (QED) is 0.835. The summed E-state index contributed by atoms with van der Waals surface area (Å²) in [5, 5.41) is 15.0. The Morgan fingerprint density at radius 3 is 2.90 bits per heavy atom. The smallest absolute Gasteiger partial charge is 0.234 e. The number of H-pyrrole nitrogens is 1. The summed E-state index contributed by atoms with van der Waals surface area (Å²) in [6, 6.07) is 0. The van der Waals surface area contributed by atoms with Crippen molar-refractivity contribution >= 4 is 0 Å². The van der Waals surface area contributed by atoms with Crippen molar-refractivity contribution in [3.8, 4) is 0 Å². The van der Waals surface area contributed by atoms with Crippen LogP contribution in [0, 0.1) is 18.0 Å². The average Bonchev–Trinajstić information content (AvgIpc) is 3.06. The average molecular weight is 277 g/mol. The highest BCUT2D eigenvalue weighted by molar-refractivity contribution is 5.01. The first-order chi connectivity index (χ1) is 9.72. The lowest BCUT2D eigenvalue weighted by atomic mass is 9.92. The summed E-state index contributed by atoms with van der Waals surface area (Å²) < 4.78 is 4.60. The third-order valence-corrected chi connectivity index (χ3v) is 4.06. The van der Waals surface area contributed by atoms with Crippen molar-refractivity contribution in [3.63, 3.8) is 0 Å². The molecule has 3 heterocycles. The monoisotopic (exact) mass is 277 g/mol. The van der Waals surface area contributed by atoms with Crippen LogP contribution in [0.15, 0.2) is 17.2 Å². The van der Waals surface area contributed by atoms with Gasteiger partial charge in [0.15, 0.2) is 5.69 Å². The minimum atomic E-state index is 0.473. The molecule has 0 unspecified atom stereocenters. The molecule has 0 aliphatic carbocycles. The van der Waals surface area contributed by atoms with Crippen LogP contribution in [0.1, 0.15) is 29.9 Å². The molecule has 0 amide bonds. The van der Waals surface area contributed by atoms with Crippen LogP contribution in [-0.4, -0.2) is 33.1 Å². The number of piperidine rings is 1. The van der Waals surface area contributed by atoms with Gasteiger partial charge in [0.25, 0.3) is 0 Å².